The first kappa shape index (κ1) is 40.5. The number of hydrogen-bond acceptors (Lipinski definition) is 7. The van der Waals surface area contributed by atoms with Crippen LogP contribution in [0.1, 0.15) is 155 Å². The predicted octanol–water partition coefficient (Wildman–Crippen LogP) is 9.08. The fourth-order valence-corrected chi connectivity index (χ4v) is 6.73. The van der Waals surface area contributed by atoms with E-state index in [1.807, 2.05) is 0 Å². The van der Waals surface area contributed by atoms with E-state index in [9.17, 15) is 9.59 Å². The number of esters is 1. The molecule has 3 atom stereocenters. The zero-order valence-electron chi connectivity index (χ0n) is 29.4. The minimum Gasteiger partial charge on any atom is -0.460 e. The number of nitrogens with zero attached hydrogens (tertiary/aromatic N) is 1. The summed E-state index contributed by atoms with van der Waals surface area (Å²) in [6, 6.07) is 0. The average molecular weight is 668 g/mol. The predicted molar refractivity (Wildman–Crippen MR) is 186 cm³/mol. The number of amides is 1. The van der Waals surface area contributed by atoms with E-state index in [0.29, 0.717) is 26.4 Å². The Morgan fingerprint density at radius 3 is 2.15 bits per heavy atom. The molecule has 1 aromatic rings. The lowest BCUT2D eigenvalue weighted by molar-refractivity contribution is -0.692. The number of nitrogens with one attached hydrogen (secondary N) is 1. The van der Waals surface area contributed by atoms with Crippen LogP contribution in [0.25, 0.3) is 0 Å². The summed E-state index contributed by atoms with van der Waals surface area (Å²) in [6.07, 6.45) is 27.5. The molecule has 1 aromatic heterocycles. The molecule has 0 aliphatic carbocycles. The van der Waals surface area contributed by atoms with Gasteiger partial charge in [-0.3, -0.25) is 4.79 Å². The number of ether oxygens (including phenoxy) is 4. The quantitative estimate of drug-likeness (QED) is 0.0521. The highest BCUT2D eigenvalue weighted by Crippen LogP contribution is 2.19. The second-order valence-electron chi connectivity index (χ2n) is 13.1. The molecule has 1 amide bonds. The van der Waals surface area contributed by atoms with Gasteiger partial charge in [-0.05, 0) is 38.5 Å². The summed E-state index contributed by atoms with van der Waals surface area (Å²) in [5.41, 5.74) is 2.13. The van der Waals surface area contributed by atoms with Gasteiger partial charge in [0, 0.05) is 26.5 Å². The Morgan fingerprint density at radius 1 is 0.891 bits per heavy atom. The van der Waals surface area contributed by atoms with Crippen molar-refractivity contribution in [2.24, 2.45) is 0 Å². The molecule has 0 spiro atoms. The number of rotatable bonds is 29. The maximum Gasteiger partial charge on any atom is 0.407 e. The third kappa shape index (κ3) is 22.0. The highest BCUT2D eigenvalue weighted by atomic mass is 32.1. The van der Waals surface area contributed by atoms with E-state index >= 15 is 0 Å². The van der Waals surface area contributed by atoms with Crippen LogP contribution in [0.2, 0.25) is 0 Å². The van der Waals surface area contributed by atoms with Crippen molar-refractivity contribution in [3.8, 4) is 0 Å². The summed E-state index contributed by atoms with van der Waals surface area (Å²) < 4.78 is 25.3. The molecule has 2 rings (SSSR count). The van der Waals surface area contributed by atoms with Crippen molar-refractivity contribution in [2.75, 3.05) is 26.4 Å². The van der Waals surface area contributed by atoms with Gasteiger partial charge >= 0.3 is 12.1 Å². The van der Waals surface area contributed by atoms with Crippen molar-refractivity contribution in [1.29, 1.82) is 0 Å². The van der Waals surface area contributed by atoms with Gasteiger partial charge in [0.25, 0.3) is 0 Å². The molecule has 1 N–H and O–H groups in total. The van der Waals surface area contributed by atoms with Crippen molar-refractivity contribution in [2.45, 2.75) is 180 Å². The largest absolute Gasteiger partial charge is 0.460 e. The second kappa shape index (κ2) is 28.3. The Bertz CT molecular complexity index is 855. The standard InChI is InChI=1S/C37H66N2O6S/c1-3-4-5-6-7-8-9-10-11-12-13-14-15-17-20-25-38-37(41)45-35-24-22-28-43-36(35)31-42-30-34(44-33(2)40)23-19-16-18-21-26-39-27-29-46-32-39/h27,29,32,34-36H,3-26,28,30-31H2,1-2H3/p+1. The van der Waals surface area contributed by atoms with Crippen LogP contribution in [0.15, 0.2) is 17.1 Å². The fourth-order valence-electron chi connectivity index (χ4n) is 6.10. The van der Waals surface area contributed by atoms with Crippen molar-refractivity contribution in [3.05, 3.63) is 17.1 Å². The van der Waals surface area contributed by atoms with E-state index < -0.39 is 0 Å². The minimum absolute atomic E-state index is 0.273. The van der Waals surface area contributed by atoms with E-state index in [2.05, 4.69) is 33.9 Å². The second-order valence-corrected chi connectivity index (χ2v) is 13.9. The topological polar surface area (TPSA) is 87.0 Å². The molecular formula is C37H67N2O6S+. The fraction of sp³-hybridized carbons (Fsp3) is 0.865. The highest BCUT2D eigenvalue weighted by Gasteiger charge is 2.30. The molecule has 266 valence electrons. The molecule has 1 aliphatic heterocycles. The molecule has 1 saturated heterocycles. The van der Waals surface area contributed by atoms with Crippen molar-refractivity contribution < 1.29 is 33.1 Å². The first-order valence-electron chi connectivity index (χ1n) is 18.8. The molecule has 0 bridgehead atoms. The van der Waals surface area contributed by atoms with Crippen LogP contribution < -0.4 is 9.88 Å². The number of hydrogen-bond donors (Lipinski definition) is 1. The van der Waals surface area contributed by atoms with Gasteiger partial charge in [0.2, 0.25) is 5.51 Å². The van der Waals surface area contributed by atoms with Crippen molar-refractivity contribution in [3.63, 3.8) is 0 Å². The summed E-state index contributed by atoms with van der Waals surface area (Å²) in [6.45, 7) is 6.67. The summed E-state index contributed by atoms with van der Waals surface area (Å²) in [4.78, 5) is 24.1. The number of unbranched alkanes of at least 4 members (excludes halogenated alkanes) is 17. The number of aryl methyl sites for hydroxylation is 1. The molecule has 1 aliphatic rings. The number of carbonyl (C=O) groups is 2. The Labute approximate surface area is 284 Å². The Kier molecular flexibility index (Phi) is 24.9. The van der Waals surface area contributed by atoms with Gasteiger partial charge in [-0.2, -0.15) is 4.57 Å². The van der Waals surface area contributed by atoms with Gasteiger partial charge in [0.15, 0.2) is 6.20 Å². The highest BCUT2D eigenvalue weighted by molar-refractivity contribution is 7.07. The lowest BCUT2D eigenvalue weighted by Gasteiger charge is -2.31. The molecule has 3 unspecified atom stereocenters. The van der Waals surface area contributed by atoms with Gasteiger partial charge in [0.1, 0.15) is 24.9 Å². The average Bonchev–Trinajstić information content (AvgIpc) is 3.56. The molecule has 2 heterocycles. The maximum atomic E-state index is 12.5. The van der Waals surface area contributed by atoms with Crippen molar-refractivity contribution in [1.82, 2.24) is 5.32 Å². The lowest BCUT2D eigenvalue weighted by atomic mass is 10.0. The molecule has 0 radical (unpaired) electrons. The van der Waals surface area contributed by atoms with Crippen LogP contribution in [-0.2, 0) is 30.3 Å². The SMILES string of the molecule is CCCCCCCCCCCCCCCCCNC(=O)OC1CCCOC1COCC(CCCCCC[n+]1ccsc1)OC(C)=O. The maximum absolute atomic E-state index is 12.5. The Balaban J connectivity index is 1.48. The van der Waals surface area contributed by atoms with E-state index in [1.54, 1.807) is 11.3 Å². The third-order valence-electron chi connectivity index (χ3n) is 8.83. The zero-order valence-corrected chi connectivity index (χ0v) is 30.2. The van der Waals surface area contributed by atoms with Crippen LogP contribution in [0.3, 0.4) is 0 Å². The summed E-state index contributed by atoms with van der Waals surface area (Å²) in [5.74, 6) is -0.289. The summed E-state index contributed by atoms with van der Waals surface area (Å²) in [7, 11) is 0. The van der Waals surface area contributed by atoms with Gasteiger partial charge in [-0.25, -0.2) is 4.79 Å². The van der Waals surface area contributed by atoms with Crippen LogP contribution >= 0.6 is 11.3 Å². The van der Waals surface area contributed by atoms with Crippen LogP contribution in [0.4, 0.5) is 4.79 Å². The smallest absolute Gasteiger partial charge is 0.407 e. The lowest BCUT2D eigenvalue weighted by Crippen LogP contribution is -2.43. The van der Waals surface area contributed by atoms with Crippen LogP contribution in [0.5, 0.6) is 0 Å². The third-order valence-corrected chi connectivity index (χ3v) is 9.50. The minimum atomic E-state index is -0.374. The van der Waals surface area contributed by atoms with E-state index in [4.69, 9.17) is 18.9 Å². The first-order chi connectivity index (χ1) is 22.6. The molecule has 9 heteroatoms. The number of aromatic nitrogens is 1. The van der Waals surface area contributed by atoms with Gasteiger partial charge in [0.05, 0.1) is 18.6 Å². The van der Waals surface area contributed by atoms with Gasteiger partial charge < -0.3 is 24.3 Å². The number of thiazole rings is 1. The van der Waals surface area contributed by atoms with Crippen molar-refractivity contribution >= 4 is 23.4 Å². The molecular weight excluding hydrogens is 600 g/mol. The summed E-state index contributed by atoms with van der Waals surface area (Å²) >= 11 is 1.71. The molecule has 1 fully saturated rings. The molecule has 0 aromatic carbocycles. The number of carbonyl (C=O) groups excluding carboxylic acids is 2. The molecule has 0 saturated carbocycles. The van der Waals surface area contributed by atoms with Gasteiger partial charge in [-0.15, -0.1) is 0 Å². The summed E-state index contributed by atoms with van der Waals surface area (Å²) in [5, 5.41) is 5.01. The Morgan fingerprint density at radius 2 is 1.52 bits per heavy atom. The molecule has 46 heavy (non-hydrogen) atoms. The van der Waals surface area contributed by atoms with Crippen LogP contribution in [0, 0.1) is 0 Å². The van der Waals surface area contributed by atoms with E-state index in [0.717, 1.165) is 64.3 Å². The van der Waals surface area contributed by atoms with Crippen LogP contribution in [-0.4, -0.2) is 56.7 Å². The normalized spacial score (nSPS) is 17.1. The van der Waals surface area contributed by atoms with E-state index in [1.165, 1.54) is 90.4 Å². The van der Waals surface area contributed by atoms with Gasteiger partial charge in [-0.1, -0.05) is 115 Å². The zero-order chi connectivity index (χ0) is 32.9. The molecule has 8 nitrogen and oxygen atoms in total. The van der Waals surface area contributed by atoms with E-state index in [-0.39, 0.29) is 30.4 Å². The first-order valence-corrected chi connectivity index (χ1v) is 19.7. The number of alkyl carbamates (subject to hydrolysis) is 1. The Hall–Kier alpha value is -1.71. The monoisotopic (exact) mass is 667 g/mol.